The molecule has 0 atom stereocenters. The molecule has 0 radical (unpaired) electrons. The lowest BCUT2D eigenvalue weighted by Crippen LogP contribution is -2.46. The van der Waals surface area contributed by atoms with Crippen LogP contribution in [-0.4, -0.2) is 90.5 Å². The molecule has 1 aliphatic heterocycles. The Morgan fingerprint density at radius 3 is 2.19 bits per heavy atom. The van der Waals surface area contributed by atoms with Gasteiger partial charge in [-0.05, 0) is 13.0 Å². The summed E-state index contributed by atoms with van der Waals surface area (Å²) in [6, 6.07) is -0.679. The van der Waals surface area contributed by atoms with Crippen molar-refractivity contribution < 1.29 is 29.3 Å². The quantitative estimate of drug-likeness (QED) is 0.486. The molecule has 0 saturated carbocycles. The van der Waals surface area contributed by atoms with E-state index in [1.165, 1.54) is 0 Å². The molecule has 21 heavy (non-hydrogen) atoms. The van der Waals surface area contributed by atoms with E-state index in [1.807, 2.05) is 0 Å². The minimum atomic E-state index is -1.25. The van der Waals surface area contributed by atoms with Gasteiger partial charge in [0.1, 0.15) is 13.1 Å². The molecule has 1 fully saturated rings. The average molecular weight is 303 g/mol. The van der Waals surface area contributed by atoms with Crippen molar-refractivity contribution in [2.24, 2.45) is 0 Å². The number of rotatable bonds is 8. The van der Waals surface area contributed by atoms with Crippen LogP contribution in [0.25, 0.3) is 0 Å². The lowest BCUT2D eigenvalue weighted by molar-refractivity contribution is -0.140. The Balaban J connectivity index is 2.25. The van der Waals surface area contributed by atoms with E-state index in [4.69, 9.17) is 14.9 Å². The number of hydrogen-bond acceptors (Lipinski definition) is 5. The molecule has 0 aliphatic carbocycles. The molecule has 1 rings (SSSR count). The van der Waals surface area contributed by atoms with Gasteiger partial charge >= 0.3 is 18.0 Å². The molecule has 0 aromatic heterocycles. The molecule has 120 valence electrons. The molecule has 1 saturated heterocycles. The summed E-state index contributed by atoms with van der Waals surface area (Å²) < 4.78 is 5.22. The minimum Gasteiger partial charge on any atom is -0.480 e. The third-order valence-electron chi connectivity index (χ3n) is 2.97. The highest BCUT2D eigenvalue weighted by molar-refractivity contribution is 5.84. The largest absolute Gasteiger partial charge is 0.480 e. The van der Waals surface area contributed by atoms with Crippen molar-refractivity contribution in [2.75, 3.05) is 52.5 Å². The van der Waals surface area contributed by atoms with E-state index in [0.29, 0.717) is 26.2 Å². The zero-order valence-corrected chi connectivity index (χ0v) is 11.8. The number of amides is 2. The maximum atomic E-state index is 11.7. The molecule has 0 aromatic rings. The molecule has 3 N–H and O–H groups in total. The Bertz CT molecular complexity index is 354. The van der Waals surface area contributed by atoms with E-state index in [9.17, 15) is 14.4 Å². The van der Waals surface area contributed by atoms with Gasteiger partial charge in [-0.2, -0.15) is 0 Å². The first kappa shape index (κ1) is 17.2. The van der Waals surface area contributed by atoms with Crippen LogP contribution in [-0.2, 0) is 14.3 Å². The number of carboxylic acid groups (broad SMARTS) is 2. The number of ether oxygens (including phenoxy) is 1. The molecular formula is C12H21N3O6. The summed E-state index contributed by atoms with van der Waals surface area (Å²) in [6.07, 6.45) is 0.708. The molecule has 0 unspecified atom stereocenters. The fraction of sp³-hybridized carbons (Fsp3) is 0.750. The highest BCUT2D eigenvalue weighted by Gasteiger charge is 2.19. The third kappa shape index (κ3) is 7.47. The highest BCUT2D eigenvalue weighted by Crippen LogP contribution is 1.97. The van der Waals surface area contributed by atoms with Crippen LogP contribution in [0.15, 0.2) is 0 Å². The Morgan fingerprint density at radius 2 is 1.67 bits per heavy atom. The SMILES string of the molecule is O=C(O)CN(CC(=O)O)C(=O)NCCCN1CCOCC1. The van der Waals surface area contributed by atoms with Crippen LogP contribution in [0, 0.1) is 0 Å². The van der Waals surface area contributed by atoms with E-state index >= 15 is 0 Å². The van der Waals surface area contributed by atoms with Crippen LogP contribution in [0.2, 0.25) is 0 Å². The van der Waals surface area contributed by atoms with Crippen molar-refractivity contribution in [1.29, 1.82) is 0 Å². The summed E-state index contributed by atoms with van der Waals surface area (Å²) in [5.74, 6) is -2.50. The Kier molecular flexibility index (Phi) is 7.48. The molecule has 0 spiro atoms. The van der Waals surface area contributed by atoms with Gasteiger partial charge in [-0.3, -0.25) is 14.5 Å². The van der Waals surface area contributed by atoms with E-state index in [2.05, 4.69) is 10.2 Å². The van der Waals surface area contributed by atoms with Crippen molar-refractivity contribution in [1.82, 2.24) is 15.1 Å². The minimum absolute atomic E-state index is 0.367. The lowest BCUT2D eigenvalue weighted by atomic mass is 10.3. The number of aliphatic carboxylic acids is 2. The zero-order chi connectivity index (χ0) is 15.7. The molecule has 0 aromatic carbocycles. The van der Waals surface area contributed by atoms with Crippen molar-refractivity contribution in [2.45, 2.75) is 6.42 Å². The van der Waals surface area contributed by atoms with Crippen molar-refractivity contribution in [3.8, 4) is 0 Å². The predicted octanol–water partition coefficient (Wildman–Crippen LogP) is -1.11. The first-order valence-electron chi connectivity index (χ1n) is 6.75. The van der Waals surface area contributed by atoms with Gasteiger partial charge in [-0.25, -0.2) is 4.79 Å². The maximum absolute atomic E-state index is 11.7. The molecule has 1 aliphatic rings. The maximum Gasteiger partial charge on any atom is 0.323 e. The topological polar surface area (TPSA) is 119 Å². The van der Waals surface area contributed by atoms with E-state index in [1.54, 1.807) is 0 Å². The Morgan fingerprint density at radius 1 is 1.10 bits per heavy atom. The van der Waals surface area contributed by atoms with Gasteiger partial charge in [-0.1, -0.05) is 0 Å². The van der Waals surface area contributed by atoms with Crippen LogP contribution in [0.4, 0.5) is 4.79 Å². The third-order valence-corrected chi connectivity index (χ3v) is 2.97. The lowest BCUT2D eigenvalue weighted by Gasteiger charge is -2.26. The van der Waals surface area contributed by atoms with Crippen molar-refractivity contribution in [3.63, 3.8) is 0 Å². The van der Waals surface area contributed by atoms with Crippen LogP contribution >= 0.6 is 0 Å². The fourth-order valence-electron chi connectivity index (χ4n) is 1.96. The van der Waals surface area contributed by atoms with Crippen molar-refractivity contribution >= 4 is 18.0 Å². The smallest absolute Gasteiger partial charge is 0.323 e. The van der Waals surface area contributed by atoms with Crippen LogP contribution in [0.1, 0.15) is 6.42 Å². The first-order chi connectivity index (χ1) is 9.99. The Hall–Kier alpha value is -1.87. The predicted molar refractivity (Wildman–Crippen MR) is 72.1 cm³/mol. The Labute approximate surface area is 122 Å². The van der Waals surface area contributed by atoms with Gasteiger partial charge in [0, 0.05) is 19.6 Å². The second-order valence-electron chi connectivity index (χ2n) is 4.68. The standard InChI is InChI=1S/C12H21N3O6/c16-10(17)8-15(9-11(18)19)12(20)13-2-1-3-14-4-6-21-7-5-14/h1-9H2,(H,13,20)(H,16,17)(H,18,19). The molecule has 9 heteroatoms. The van der Waals surface area contributed by atoms with Gasteiger partial charge in [0.25, 0.3) is 0 Å². The van der Waals surface area contributed by atoms with E-state index in [0.717, 1.165) is 24.5 Å². The first-order valence-corrected chi connectivity index (χ1v) is 6.75. The van der Waals surface area contributed by atoms with Crippen LogP contribution in [0.3, 0.4) is 0 Å². The second-order valence-corrected chi connectivity index (χ2v) is 4.68. The number of morpholine rings is 1. The van der Waals surface area contributed by atoms with Crippen LogP contribution in [0.5, 0.6) is 0 Å². The monoisotopic (exact) mass is 303 g/mol. The normalized spacial score (nSPS) is 15.4. The highest BCUT2D eigenvalue weighted by atomic mass is 16.5. The van der Waals surface area contributed by atoms with E-state index in [-0.39, 0.29) is 0 Å². The molecular weight excluding hydrogens is 282 g/mol. The summed E-state index contributed by atoms with van der Waals surface area (Å²) >= 11 is 0. The molecule has 2 amide bonds. The van der Waals surface area contributed by atoms with Gasteiger partial charge in [0.2, 0.25) is 0 Å². The summed E-state index contributed by atoms with van der Waals surface area (Å²) in [5, 5.41) is 19.8. The molecule has 9 nitrogen and oxygen atoms in total. The molecule has 0 bridgehead atoms. The van der Waals surface area contributed by atoms with Gasteiger partial charge in [0.15, 0.2) is 0 Å². The number of nitrogens with one attached hydrogen (secondary N) is 1. The second kappa shape index (κ2) is 9.14. The van der Waals surface area contributed by atoms with Gasteiger partial charge < -0.3 is 25.2 Å². The summed E-state index contributed by atoms with van der Waals surface area (Å²) in [7, 11) is 0. The zero-order valence-electron chi connectivity index (χ0n) is 11.8. The van der Waals surface area contributed by atoms with E-state index < -0.39 is 31.1 Å². The number of hydrogen-bond donors (Lipinski definition) is 3. The summed E-state index contributed by atoms with van der Waals surface area (Å²) in [6.45, 7) is 3.03. The molecule has 1 heterocycles. The number of carbonyl (C=O) groups excluding carboxylic acids is 1. The number of nitrogens with zero attached hydrogens (tertiary/aromatic N) is 2. The summed E-state index contributed by atoms with van der Waals surface area (Å²) in [4.78, 5) is 35.9. The number of carboxylic acids is 2. The van der Waals surface area contributed by atoms with Crippen LogP contribution < -0.4 is 5.32 Å². The number of urea groups is 1. The number of carbonyl (C=O) groups is 3. The van der Waals surface area contributed by atoms with Gasteiger partial charge in [-0.15, -0.1) is 0 Å². The summed E-state index contributed by atoms with van der Waals surface area (Å²) in [5.41, 5.74) is 0. The average Bonchev–Trinajstić information content (AvgIpc) is 2.43. The fourth-order valence-corrected chi connectivity index (χ4v) is 1.96. The van der Waals surface area contributed by atoms with Gasteiger partial charge in [0.05, 0.1) is 13.2 Å². The van der Waals surface area contributed by atoms with Crippen molar-refractivity contribution in [3.05, 3.63) is 0 Å².